The Morgan fingerprint density at radius 3 is 2.67 bits per heavy atom. The van der Waals surface area contributed by atoms with E-state index < -0.39 is 5.82 Å². The molecule has 0 aromatic heterocycles. The van der Waals surface area contributed by atoms with E-state index in [4.69, 9.17) is 33.1 Å². The zero-order chi connectivity index (χ0) is 15.4. The molecule has 0 amide bonds. The Morgan fingerprint density at radius 2 is 2.00 bits per heavy atom. The highest BCUT2D eigenvalue weighted by Crippen LogP contribution is 2.37. The number of benzene rings is 2. The molecule has 0 aliphatic carbocycles. The van der Waals surface area contributed by atoms with Gasteiger partial charge in [0.05, 0.1) is 22.8 Å². The Balaban J connectivity index is 2.25. The van der Waals surface area contributed by atoms with Crippen LogP contribution in [-0.4, -0.2) is 7.11 Å². The zero-order valence-corrected chi connectivity index (χ0v) is 14.0. The van der Waals surface area contributed by atoms with Gasteiger partial charge in [0.1, 0.15) is 0 Å². The second-order valence-corrected chi connectivity index (χ2v) is 6.17. The lowest BCUT2D eigenvalue weighted by molar-refractivity contribution is 0.386. The molecule has 0 saturated heterocycles. The molecule has 0 atom stereocenters. The molecule has 0 spiro atoms. The molecule has 112 valence electrons. The molecule has 2 rings (SSSR count). The van der Waals surface area contributed by atoms with E-state index in [1.165, 1.54) is 31.2 Å². The van der Waals surface area contributed by atoms with Gasteiger partial charge in [0.25, 0.3) is 0 Å². The molecule has 0 fully saturated rings. The molecule has 2 aromatic carbocycles. The lowest BCUT2D eigenvalue weighted by atomic mass is 10.3. The van der Waals surface area contributed by atoms with E-state index >= 15 is 0 Å². The normalized spacial score (nSPS) is 10.5. The highest BCUT2D eigenvalue weighted by Gasteiger charge is 2.12. The van der Waals surface area contributed by atoms with E-state index in [2.05, 4.69) is 4.72 Å². The topological polar surface area (TPSA) is 47.3 Å². The van der Waals surface area contributed by atoms with Crippen molar-refractivity contribution >= 4 is 52.8 Å². The molecule has 2 aromatic rings. The average molecular weight is 365 g/mol. The summed E-state index contributed by atoms with van der Waals surface area (Å²) >= 11 is 14.3. The number of anilines is 1. The molecular weight excluding hydrogens is 354 g/mol. The number of rotatable bonds is 5. The molecular formula is C13H11Cl2FN2OS2. The summed E-state index contributed by atoms with van der Waals surface area (Å²) in [6.07, 6.45) is 0. The molecule has 21 heavy (non-hydrogen) atoms. The Morgan fingerprint density at radius 1 is 1.24 bits per heavy atom. The van der Waals surface area contributed by atoms with Crippen LogP contribution in [0.15, 0.2) is 40.1 Å². The smallest absolute Gasteiger partial charge is 0.166 e. The molecule has 0 heterocycles. The van der Waals surface area contributed by atoms with E-state index in [1.54, 1.807) is 12.1 Å². The summed E-state index contributed by atoms with van der Waals surface area (Å²) in [4.78, 5) is 1.30. The number of halogens is 3. The highest BCUT2D eigenvalue weighted by molar-refractivity contribution is 8.01. The minimum absolute atomic E-state index is 0.132. The minimum Gasteiger partial charge on any atom is -0.494 e. The summed E-state index contributed by atoms with van der Waals surface area (Å²) in [5.41, 5.74) is 0.627. The molecule has 0 aliphatic heterocycles. The van der Waals surface area contributed by atoms with E-state index in [9.17, 15) is 4.39 Å². The van der Waals surface area contributed by atoms with Crippen LogP contribution in [0.5, 0.6) is 5.75 Å². The van der Waals surface area contributed by atoms with E-state index in [-0.39, 0.29) is 5.75 Å². The zero-order valence-electron chi connectivity index (χ0n) is 10.8. The van der Waals surface area contributed by atoms with Gasteiger partial charge >= 0.3 is 0 Å². The van der Waals surface area contributed by atoms with Gasteiger partial charge in [-0.05, 0) is 42.1 Å². The summed E-state index contributed by atoms with van der Waals surface area (Å²) < 4.78 is 21.7. The van der Waals surface area contributed by atoms with Crippen LogP contribution in [0.3, 0.4) is 0 Å². The van der Waals surface area contributed by atoms with Crippen molar-refractivity contribution in [3.05, 3.63) is 46.2 Å². The Hall–Kier alpha value is -0.790. The molecule has 0 unspecified atom stereocenters. The number of methoxy groups -OCH3 is 1. The molecule has 0 radical (unpaired) electrons. The third-order valence-corrected chi connectivity index (χ3v) is 4.97. The van der Waals surface area contributed by atoms with Gasteiger partial charge < -0.3 is 9.46 Å². The fourth-order valence-electron chi connectivity index (χ4n) is 1.54. The first kappa shape index (κ1) is 16.6. The van der Waals surface area contributed by atoms with Gasteiger partial charge in [0, 0.05) is 15.9 Å². The fraction of sp³-hybridized carbons (Fsp3) is 0.0769. The summed E-state index contributed by atoms with van der Waals surface area (Å²) in [7, 11) is 1.40. The lowest BCUT2D eigenvalue weighted by Crippen LogP contribution is -1.96. The molecule has 3 N–H and O–H groups in total. The Labute approximate surface area is 140 Å². The van der Waals surface area contributed by atoms with E-state index in [1.807, 2.05) is 6.07 Å². The van der Waals surface area contributed by atoms with Crippen molar-refractivity contribution < 1.29 is 9.13 Å². The van der Waals surface area contributed by atoms with Crippen LogP contribution in [0.4, 0.5) is 10.1 Å². The molecule has 8 heteroatoms. The van der Waals surface area contributed by atoms with E-state index in [0.717, 1.165) is 16.8 Å². The quantitative estimate of drug-likeness (QED) is 0.711. The summed E-state index contributed by atoms with van der Waals surface area (Å²) in [5.74, 6) is -0.338. The Kier molecular flexibility index (Phi) is 5.89. The summed E-state index contributed by atoms with van der Waals surface area (Å²) in [5, 5.41) is 6.46. The monoisotopic (exact) mass is 364 g/mol. The maximum absolute atomic E-state index is 13.6. The van der Waals surface area contributed by atoms with Crippen molar-refractivity contribution in [2.75, 3.05) is 11.8 Å². The van der Waals surface area contributed by atoms with Crippen molar-refractivity contribution in [2.45, 2.75) is 9.79 Å². The highest BCUT2D eigenvalue weighted by atomic mass is 35.5. The van der Waals surface area contributed by atoms with Crippen LogP contribution < -0.4 is 14.6 Å². The standard InChI is InChI=1S/C13H11Cl2FN2OS2/c1-19-10-6-9(12(20-17)5-8(10)16)18-21-11-4-2-3-7(14)13(11)15/h2-6,18H,17H2,1H3. The first-order chi connectivity index (χ1) is 10.1. The summed E-state index contributed by atoms with van der Waals surface area (Å²) in [6, 6.07) is 8.17. The van der Waals surface area contributed by atoms with Gasteiger partial charge in [0.15, 0.2) is 11.6 Å². The predicted octanol–water partition coefficient (Wildman–Crippen LogP) is 5.23. The first-order valence-electron chi connectivity index (χ1n) is 5.68. The van der Waals surface area contributed by atoms with Crippen LogP contribution >= 0.6 is 47.1 Å². The third-order valence-electron chi connectivity index (χ3n) is 2.57. The molecule has 0 saturated carbocycles. The molecule has 0 aliphatic rings. The summed E-state index contributed by atoms with van der Waals surface area (Å²) in [6.45, 7) is 0. The number of nitrogens with two attached hydrogens (primary N) is 1. The van der Waals surface area contributed by atoms with Gasteiger partial charge in [-0.1, -0.05) is 29.3 Å². The van der Waals surface area contributed by atoms with Gasteiger partial charge in [-0.15, -0.1) is 0 Å². The minimum atomic E-state index is -0.471. The van der Waals surface area contributed by atoms with Crippen molar-refractivity contribution in [2.24, 2.45) is 5.14 Å². The van der Waals surface area contributed by atoms with Crippen LogP contribution in [-0.2, 0) is 0 Å². The third kappa shape index (κ3) is 3.90. The first-order valence-corrected chi connectivity index (χ1v) is 8.13. The van der Waals surface area contributed by atoms with Crippen LogP contribution in [0.1, 0.15) is 0 Å². The number of hydrogen-bond acceptors (Lipinski definition) is 5. The fourth-order valence-corrected chi connectivity index (χ4v) is 3.22. The Bertz CT molecular complexity index is 658. The number of hydrogen-bond donors (Lipinski definition) is 2. The largest absolute Gasteiger partial charge is 0.494 e. The van der Waals surface area contributed by atoms with Gasteiger partial charge in [-0.2, -0.15) is 0 Å². The van der Waals surface area contributed by atoms with Gasteiger partial charge in [0.2, 0.25) is 0 Å². The number of nitrogens with one attached hydrogen (secondary N) is 1. The number of ether oxygens (including phenoxy) is 1. The van der Waals surface area contributed by atoms with Crippen molar-refractivity contribution in [1.29, 1.82) is 0 Å². The second kappa shape index (κ2) is 7.47. The second-order valence-electron chi connectivity index (χ2n) is 3.86. The average Bonchev–Trinajstić information content (AvgIpc) is 2.49. The van der Waals surface area contributed by atoms with Gasteiger partial charge in [-0.25, -0.2) is 4.39 Å². The predicted molar refractivity (Wildman–Crippen MR) is 88.9 cm³/mol. The van der Waals surface area contributed by atoms with E-state index in [0.29, 0.717) is 20.6 Å². The van der Waals surface area contributed by atoms with Crippen molar-refractivity contribution in [3.63, 3.8) is 0 Å². The van der Waals surface area contributed by atoms with Gasteiger partial charge in [-0.3, -0.25) is 5.14 Å². The van der Waals surface area contributed by atoms with Crippen LogP contribution in [0, 0.1) is 5.82 Å². The van der Waals surface area contributed by atoms with Crippen molar-refractivity contribution in [3.8, 4) is 5.75 Å². The van der Waals surface area contributed by atoms with Crippen molar-refractivity contribution in [1.82, 2.24) is 0 Å². The molecule has 0 bridgehead atoms. The SMILES string of the molecule is COc1cc(NSc2cccc(Cl)c2Cl)c(SN)cc1F. The maximum Gasteiger partial charge on any atom is 0.166 e. The van der Waals surface area contributed by atoms with Crippen LogP contribution in [0.25, 0.3) is 0 Å². The molecule has 3 nitrogen and oxygen atoms in total. The van der Waals surface area contributed by atoms with Crippen LogP contribution in [0.2, 0.25) is 10.0 Å². The maximum atomic E-state index is 13.6. The lowest BCUT2D eigenvalue weighted by Gasteiger charge is -2.13.